The van der Waals surface area contributed by atoms with E-state index < -0.39 is 0 Å². The first kappa shape index (κ1) is 16.2. The van der Waals surface area contributed by atoms with Gasteiger partial charge in [-0.15, -0.1) is 0 Å². The van der Waals surface area contributed by atoms with Crippen LogP contribution in [0.25, 0.3) is 0 Å². The quantitative estimate of drug-likeness (QED) is 0.888. The zero-order valence-corrected chi connectivity index (χ0v) is 13.5. The number of fused-ring (bicyclic) bond motifs is 1. The number of hydrogen-bond donors (Lipinski definition) is 2. The number of ether oxygens (including phenoxy) is 1. The first-order valence-corrected chi connectivity index (χ1v) is 7.95. The Hall–Kier alpha value is -2.66. The lowest BCUT2D eigenvalue weighted by Crippen LogP contribution is -2.20. The van der Waals surface area contributed by atoms with Gasteiger partial charge in [-0.3, -0.25) is 9.59 Å². The lowest BCUT2D eigenvalue weighted by molar-refractivity contribution is -0.119. The largest absolute Gasteiger partial charge is 0.375 e. The fourth-order valence-electron chi connectivity index (χ4n) is 3.06. The minimum Gasteiger partial charge on any atom is -0.375 e. The number of aryl methyl sites for hydroxylation is 1. The second kappa shape index (κ2) is 7.27. The number of carbonyl (C=O) groups excluding carboxylic acids is 2. The zero-order chi connectivity index (χ0) is 16.9. The molecule has 0 aliphatic heterocycles. The lowest BCUT2D eigenvalue weighted by Gasteiger charge is -2.13. The Kier molecular flexibility index (Phi) is 4.91. The maximum Gasteiger partial charge on any atom is 0.250 e. The highest BCUT2D eigenvalue weighted by atomic mass is 16.5. The van der Waals surface area contributed by atoms with Crippen LogP contribution in [0.1, 0.15) is 23.5 Å². The van der Waals surface area contributed by atoms with Gasteiger partial charge in [0.05, 0.1) is 5.92 Å². The van der Waals surface area contributed by atoms with Gasteiger partial charge in [0.15, 0.2) is 0 Å². The van der Waals surface area contributed by atoms with Crippen molar-refractivity contribution in [2.75, 3.05) is 24.4 Å². The van der Waals surface area contributed by atoms with Crippen LogP contribution in [0.2, 0.25) is 0 Å². The average Bonchev–Trinajstić information content (AvgIpc) is 2.99. The zero-order valence-electron chi connectivity index (χ0n) is 13.5. The molecule has 0 spiro atoms. The van der Waals surface area contributed by atoms with E-state index in [4.69, 9.17) is 4.74 Å². The third kappa shape index (κ3) is 3.63. The van der Waals surface area contributed by atoms with Gasteiger partial charge in [-0.05, 0) is 42.2 Å². The van der Waals surface area contributed by atoms with E-state index in [9.17, 15) is 9.59 Å². The van der Waals surface area contributed by atoms with Gasteiger partial charge in [0.1, 0.15) is 6.61 Å². The summed E-state index contributed by atoms with van der Waals surface area (Å²) in [7, 11) is 1.47. The highest BCUT2D eigenvalue weighted by molar-refractivity contribution is 5.98. The molecule has 0 bridgehead atoms. The molecule has 3 rings (SSSR count). The summed E-state index contributed by atoms with van der Waals surface area (Å²) in [4.78, 5) is 24.2. The summed E-state index contributed by atoms with van der Waals surface area (Å²) < 4.78 is 4.79. The van der Waals surface area contributed by atoms with Crippen LogP contribution in [0.5, 0.6) is 0 Å². The molecule has 0 radical (unpaired) electrons. The molecule has 5 heteroatoms. The second-order valence-corrected chi connectivity index (χ2v) is 5.84. The predicted molar refractivity (Wildman–Crippen MR) is 93.1 cm³/mol. The highest BCUT2D eigenvalue weighted by Gasteiger charge is 2.28. The number of amides is 2. The lowest BCUT2D eigenvalue weighted by atomic mass is 10.0. The Labute approximate surface area is 141 Å². The fraction of sp³-hybridized carbons (Fsp3) is 0.263. The van der Waals surface area contributed by atoms with Crippen LogP contribution in [-0.2, 0) is 20.7 Å². The Morgan fingerprint density at radius 2 is 1.83 bits per heavy atom. The van der Waals surface area contributed by atoms with Gasteiger partial charge in [0, 0.05) is 18.5 Å². The van der Waals surface area contributed by atoms with Crippen LogP contribution in [0.3, 0.4) is 0 Å². The van der Waals surface area contributed by atoms with Crippen molar-refractivity contribution in [2.24, 2.45) is 0 Å². The number of hydrogen-bond acceptors (Lipinski definition) is 3. The molecule has 0 fully saturated rings. The normalized spacial score (nSPS) is 15.6. The molecule has 0 heterocycles. The number of methoxy groups -OCH3 is 1. The fourth-order valence-corrected chi connectivity index (χ4v) is 3.06. The molecule has 2 aromatic rings. The van der Waals surface area contributed by atoms with Gasteiger partial charge in [-0.1, -0.05) is 30.3 Å². The highest BCUT2D eigenvalue weighted by Crippen LogP contribution is 2.33. The molecule has 0 aromatic heterocycles. The minimum atomic E-state index is -0.231. The van der Waals surface area contributed by atoms with Gasteiger partial charge in [0.2, 0.25) is 11.8 Å². The Bertz CT molecular complexity index is 758. The van der Waals surface area contributed by atoms with Crippen molar-refractivity contribution in [1.82, 2.24) is 0 Å². The molecular weight excluding hydrogens is 304 g/mol. The van der Waals surface area contributed by atoms with Crippen LogP contribution in [0.15, 0.2) is 48.5 Å². The topological polar surface area (TPSA) is 67.4 Å². The molecule has 1 aliphatic rings. The third-order valence-electron chi connectivity index (χ3n) is 4.14. The van der Waals surface area contributed by atoms with Crippen molar-refractivity contribution in [3.8, 4) is 0 Å². The van der Waals surface area contributed by atoms with Gasteiger partial charge < -0.3 is 15.4 Å². The molecular formula is C19H20N2O3. The summed E-state index contributed by atoms with van der Waals surface area (Å²) in [6, 6.07) is 15.2. The van der Waals surface area contributed by atoms with Gasteiger partial charge in [-0.2, -0.15) is 0 Å². The summed E-state index contributed by atoms with van der Waals surface area (Å²) in [6.07, 6.45) is 1.76. The molecule has 1 aliphatic carbocycles. The van der Waals surface area contributed by atoms with Crippen LogP contribution < -0.4 is 10.6 Å². The monoisotopic (exact) mass is 324 g/mol. The van der Waals surface area contributed by atoms with E-state index in [2.05, 4.69) is 16.7 Å². The summed E-state index contributed by atoms with van der Waals surface area (Å²) in [5.74, 6) is -0.362. The molecule has 124 valence electrons. The van der Waals surface area contributed by atoms with Crippen LogP contribution in [-0.4, -0.2) is 25.5 Å². The van der Waals surface area contributed by atoms with E-state index in [0.717, 1.165) is 18.4 Å². The number of anilines is 2. The smallest absolute Gasteiger partial charge is 0.250 e. The first-order valence-electron chi connectivity index (χ1n) is 7.95. The van der Waals surface area contributed by atoms with Crippen molar-refractivity contribution >= 4 is 23.2 Å². The van der Waals surface area contributed by atoms with Gasteiger partial charge in [0.25, 0.3) is 0 Å². The summed E-state index contributed by atoms with van der Waals surface area (Å²) in [5, 5.41) is 5.68. The second-order valence-electron chi connectivity index (χ2n) is 5.84. The van der Waals surface area contributed by atoms with Crippen molar-refractivity contribution < 1.29 is 14.3 Å². The number of rotatable bonds is 5. The molecule has 1 atom stereocenters. The average molecular weight is 324 g/mol. The van der Waals surface area contributed by atoms with Crippen molar-refractivity contribution in [1.29, 1.82) is 0 Å². The number of nitrogens with one attached hydrogen (secondary N) is 2. The summed E-state index contributed by atoms with van der Waals surface area (Å²) >= 11 is 0. The van der Waals surface area contributed by atoms with Crippen molar-refractivity contribution in [3.05, 3.63) is 59.7 Å². The first-order chi connectivity index (χ1) is 11.7. The molecule has 0 saturated carbocycles. The molecule has 2 N–H and O–H groups in total. The molecule has 2 amide bonds. The third-order valence-corrected chi connectivity index (χ3v) is 4.14. The van der Waals surface area contributed by atoms with Crippen LogP contribution in [0, 0.1) is 0 Å². The maximum atomic E-state index is 12.6. The molecule has 24 heavy (non-hydrogen) atoms. The van der Waals surface area contributed by atoms with E-state index in [1.165, 1.54) is 12.7 Å². The van der Waals surface area contributed by atoms with E-state index >= 15 is 0 Å². The predicted octanol–water partition coefficient (Wildman–Crippen LogP) is 2.94. The van der Waals surface area contributed by atoms with Crippen molar-refractivity contribution in [2.45, 2.75) is 18.8 Å². The Morgan fingerprint density at radius 3 is 2.62 bits per heavy atom. The van der Waals surface area contributed by atoms with E-state index in [1.807, 2.05) is 24.3 Å². The number of carbonyl (C=O) groups is 2. The molecule has 0 saturated heterocycles. The van der Waals surface area contributed by atoms with Crippen LogP contribution >= 0.6 is 0 Å². The van der Waals surface area contributed by atoms with Gasteiger partial charge >= 0.3 is 0 Å². The van der Waals surface area contributed by atoms with Gasteiger partial charge in [-0.25, -0.2) is 0 Å². The maximum absolute atomic E-state index is 12.6. The van der Waals surface area contributed by atoms with Crippen LogP contribution in [0.4, 0.5) is 11.4 Å². The summed E-state index contributed by atoms with van der Waals surface area (Å²) in [6.45, 7) is -0.00452. The standard InChI is InChI=1S/C19H20N2O3/c1-24-12-18(22)20-14-6-4-7-15(11-14)21-19(23)17-10-9-13-5-2-3-8-16(13)17/h2-8,11,17H,9-10,12H2,1H3,(H,20,22)(H,21,23). The minimum absolute atomic E-state index is 0.00452. The SMILES string of the molecule is COCC(=O)Nc1cccc(NC(=O)C2CCc3ccccc32)c1. The van der Waals surface area contributed by atoms with Crippen molar-refractivity contribution in [3.63, 3.8) is 0 Å². The molecule has 1 unspecified atom stereocenters. The summed E-state index contributed by atoms with van der Waals surface area (Å²) in [5.41, 5.74) is 3.65. The molecule has 2 aromatic carbocycles. The van der Waals surface area contributed by atoms with E-state index in [1.54, 1.807) is 18.2 Å². The van der Waals surface area contributed by atoms with E-state index in [-0.39, 0.29) is 24.3 Å². The Morgan fingerprint density at radius 1 is 1.08 bits per heavy atom. The number of benzene rings is 2. The molecule has 5 nitrogen and oxygen atoms in total. The van der Waals surface area contributed by atoms with E-state index in [0.29, 0.717) is 11.4 Å². The Balaban J connectivity index is 1.68.